The van der Waals surface area contributed by atoms with Gasteiger partial charge in [-0.1, -0.05) is 42.5 Å². The summed E-state index contributed by atoms with van der Waals surface area (Å²) in [4.78, 5) is 43.3. The number of rotatable bonds is 8. The number of hydrogen-bond donors (Lipinski definition) is 1. The second kappa shape index (κ2) is 13.2. The molecule has 1 fully saturated rings. The van der Waals surface area contributed by atoms with E-state index >= 15 is 0 Å². The van der Waals surface area contributed by atoms with Crippen LogP contribution in [0.25, 0.3) is 0 Å². The van der Waals surface area contributed by atoms with Crippen molar-refractivity contribution in [3.63, 3.8) is 0 Å². The van der Waals surface area contributed by atoms with Crippen LogP contribution in [0.15, 0.2) is 48.5 Å². The normalized spacial score (nSPS) is 19.8. The van der Waals surface area contributed by atoms with Crippen molar-refractivity contribution in [2.75, 3.05) is 39.9 Å². The molecule has 0 aromatic heterocycles. The number of carbonyl (C=O) groups is 3. The van der Waals surface area contributed by atoms with E-state index in [-0.39, 0.29) is 18.1 Å². The van der Waals surface area contributed by atoms with Gasteiger partial charge in [0.2, 0.25) is 0 Å². The molecule has 0 spiro atoms. The number of hydrogen-bond acceptors (Lipinski definition) is 6. The van der Waals surface area contributed by atoms with Crippen LogP contribution in [0.3, 0.4) is 0 Å². The van der Waals surface area contributed by atoms with Crippen molar-refractivity contribution in [2.45, 2.75) is 52.2 Å². The molecule has 39 heavy (non-hydrogen) atoms. The van der Waals surface area contributed by atoms with Gasteiger partial charge >= 0.3 is 12.1 Å². The fraction of sp³-hybridized carbons (Fsp3) is 0.500. The third-order valence-corrected chi connectivity index (χ3v) is 6.94. The van der Waals surface area contributed by atoms with E-state index in [1.54, 1.807) is 72.1 Å². The lowest BCUT2D eigenvalue weighted by Gasteiger charge is -2.44. The first-order chi connectivity index (χ1) is 18.5. The molecule has 0 bridgehead atoms. The number of methoxy groups -OCH3 is 1. The zero-order valence-corrected chi connectivity index (χ0v) is 23.7. The molecule has 212 valence electrons. The first-order valence-corrected chi connectivity index (χ1v) is 13.3. The molecule has 9 heteroatoms. The molecule has 2 aromatic carbocycles. The zero-order valence-electron chi connectivity index (χ0n) is 23.7. The molecule has 8 nitrogen and oxygen atoms in total. The molecule has 1 heterocycles. The molecule has 3 amide bonds. The molecule has 2 aromatic rings. The number of piperidine rings is 1. The lowest BCUT2D eigenvalue weighted by molar-refractivity contribution is 0.0313. The lowest BCUT2D eigenvalue weighted by Crippen LogP contribution is -2.59. The maximum Gasteiger partial charge on any atom is 0.418 e. The fourth-order valence-corrected chi connectivity index (χ4v) is 5.07. The SMILES string of the molecule is CCN(C(=O)N[C@@H]1CN(CCOC)C[C@H](C(=O)c2ccccc2)[C@@H]1c1cccc(F)c1C)C(=O)OC(C)(C)C. The van der Waals surface area contributed by atoms with E-state index in [1.807, 2.05) is 12.1 Å². The van der Waals surface area contributed by atoms with Crippen molar-refractivity contribution >= 4 is 17.9 Å². The van der Waals surface area contributed by atoms with Crippen LogP contribution < -0.4 is 5.32 Å². The fourth-order valence-electron chi connectivity index (χ4n) is 5.07. The van der Waals surface area contributed by atoms with Crippen molar-refractivity contribution in [1.82, 2.24) is 15.1 Å². The van der Waals surface area contributed by atoms with Crippen LogP contribution in [0, 0.1) is 18.7 Å². The average molecular weight is 542 g/mol. The molecule has 1 N–H and O–H groups in total. The highest BCUT2D eigenvalue weighted by Crippen LogP contribution is 2.38. The minimum atomic E-state index is -0.777. The second-order valence-electron chi connectivity index (χ2n) is 10.8. The largest absolute Gasteiger partial charge is 0.443 e. The first-order valence-electron chi connectivity index (χ1n) is 13.3. The number of likely N-dealkylation sites (tertiary alicyclic amines) is 1. The van der Waals surface area contributed by atoms with Gasteiger partial charge in [0, 0.05) is 50.7 Å². The molecule has 0 unspecified atom stereocenters. The maximum atomic E-state index is 14.8. The quantitative estimate of drug-likeness (QED) is 0.473. The number of carbonyl (C=O) groups excluding carboxylic acids is 3. The van der Waals surface area contributed by atoms with Gasteiger partial charge in [0.25, 0.3) is 0 Å². The third-order valence-electron chi connectivity index (χ3n) is 6.94. The van der Waals surface area contributed by atoms with Crippen molar-refractivity contribution < 1.29 is 28.2 Å². The summed E-state index contributed by atoms with van der Waals surface area (Å²) in [6, 6.07) is 12.6. The smallest absolute Gasteiger partial charge is 0.418 e. The first kappa shape index (κ1) is 30.2. The Bertz CT molecular complexity index is 1150. The predicted molar refractivity (Wildman–Crippen MR) is 147 cm³/mol. The minimum absolute atomic E-state index is 0.0925. The van der Waals surface area contributed by atoms with Gasteiger partial charge in [-0.2, -0.15) is 0 Å². The van der Waals surface area contributed by atoms with E-state index in [2.05, 4.69) is 10.2 Å². The van der Waals surface area contributed by atoms with Gasteiger partial charge in [0.05, 0.1) is 12.6 Å². The predicted octanol–water partition coefficient (Wildman–Crippen LogP) is 5.01. The molecule has 3 atom stereocenters. The van der Waals surface area contributed by atoms with Crippen LogP contribution in [0.4, 0.5) is 14.0 Å². The van der Waals surface area contributed by atoms with Crippen molar-refractivity contribution in [3.05, 3.63) is 71.0 Å². The van der Waals surface area contributed by atoms with E-state index in [4.69, 9.17) is 9.47 Å². The van der Waals surface area contributed by atoms with E-state index in [9.17, 15) is 18.8 Å². The summed E-state index contributed by atoms with van der Waals surface area (Å²) in [5.74, 6) is -1.59. The Labute approximate surface area is 230 Å². The van der Waals surface area contributed by atoms with Gasteiger partial charge < -0.3 is 14.8 Å². The van der Waals surface area contributed by atoms with Gasteiger partial charge in [0.1, 0.15) is 11.4 Å². The Kier molecular flexibility index (Phi) is 10.2. The van der Waals surface area contributed by atoms with E-state index < -0.39 is 35.6 Å². The molecule has 3 rings (SSSR count). The molecule has 1 aliphatic heterocycles. The topological polar surface area (TPSA) is 88.2 Å². The molecule has 0 radical (unpaired) electrons. The van der Waals surface area contributed by atoms with Gasteiger partial charge in [-0.25, -0.2) is 18.9 Å². The van der Waals surface area contributed by atoms with Crippen LogP contribution in [-0.4, -0.2) is 79.2 Å². The standard InChI is InChI=1S/C30H40FN3O5/c1-7-34(29(37)39-30(3,4)5)28(36)32-25-19-33(16-17-38-6)18-23(27(35)21-12-9-8-10-13-21)26(25)22-14-11-15-24(31)20(22)2/h8-15,23,25-26H,7,16-19H2,1-6H3,(H,32,36)/t23-,25+,26-/m0/s1. The van der Waals surface area contributed by atoms with Crippen LogP contribution >= 0.6 is 0 Å². The zero-order chi connectivity index (χ0) is 28.7. The number of nitrogens with zero attached hydrogens (tertiary/aromatic N) is 2. The highest BCUT2D eigenvalue weighted by Gasteiger charge is 2.44. The summed E-state index contributed by atoms with van der Waals surface area (Å²) in [5.41, 5.74) is 0.851. The molecule has 0 saturated carbocycles. The van der Waals surface area contributed by atoms with Crippen molar-refractivity contribution in [1.29, 1.82) is 0 Å². The Balaban J connectivity index is 2.04. The number of halogens is 1. The number of ether oxygens (including phenoxy) is 2. The molecular weight excluding hydrogens is 501 g/mol. The van der Waals surface area contributed by atoms with Crippen LogP contribution in [0.2, 0.25) is 0 Å². The summed E-state index contributed by atoms with van der Waals surface area (Å²) >= 11 is 0. The van der Waals surface area contributed by atoms with E-state index in [1.165, 1.54) is 6.07 Å². The number of imide groups is 1. The number of nitrogens with one attached hydrogen (secondary N) is 1. The summed E-state index contributed by atoms with van der Waals surface area (Å²) in [5, 5.41) is 3.00. The van der Waals surface area contributed by atoms with Crippen molar-refractivity contribution in [2.24, 2.45) is 5.92 Å². The van der Waals surface area contributed by atoms with E-state index in [0.29, 0.717) is 42.9 Å². The number of ketones is 1. The summed E-state index contributed by atoms with van der Waals surface area (Å²) in [6.45, 7) is 10.4. The van der Waals surface area contributed by atoms with Gasteiger partial charge in [-0.05, 0) is 51.8 Å². The number of amides is 3. The Morgan fingerprint density at radius 3 is 2.38 bits per heavy atom. The minimum Gasteiger partial charge on any atom is -0.443 e. The highest BCUT2D eigenvalue weighted by atomic mass is 19.1. The monoisotopic (exact) mass is 541 g/mol. The highest BCUT2D eigenvalue weighted by molar-refractivity contribution is 5.99. The average Bonchev–Trinajstić information content (AvgIpc) is 2.88. The maximum absolute atomic E-state index is 14.8. The molecule has 1 saturated heterocycles. The lowest BCUT2D eigenvalue weighted by atomic mass is 9.72. The summed E-state index contributed by atoms with van der Waals surface area (Å²) in [7, 11) is 1.61. The van der Waals surface area contributed by atoms with E-state index in [0.717, 1.165) is 4.90 Å². The second-order valence-corrected chi connectivity index (χ2v) is 10.8. The number of urea groups is 1. The number of benzene rings is 2. The van der Waals surface area contributed by atoms with Gasteiger partial charge in [0.15, 0.2) is 5.78 Å². The van der Waals surface area contributed by atoms with Crippen LogP contribution in [-0.2, 0) is 9.47 Å². The Morgan fingerprint density at radius 2 is 1.77 bits per heavy atom. The Morgan fingerprint density at radius 1 is 1.08 bits per heavy atom. The van der Waals surface area contributed by atoms with Gasteiger partial charge in [-0.15, -0.1) is 0 Å². The Hall–Kier alpha value is -3.30. The summed E-state index contributed by atoms with van der Waals surface area (Å²) in [6.07, 6.45) is -0.759. The molecule has 0 aliphatic carbocycles. The van der Waals surface area contributed by atoms with Crippen LogP contribution in [0.5, 0.6) is 0 Å². The molecular formula is C30H40FN3O5. The van der Waals surface area contributed by atoms with Crippen molar-refractivity contribution in [3.8, 4) is 0 Å². The number of Topliss-reactive ketones (excluding diaryl/α,β-unsaturated/α-hetero) is 1. The third kappa shape index (κ3) is 7.64. The molecule has 1 aliphatic rings. The van der Waals surface area contributed by atoms with Gasteiger partial charge in [-0.3, -0.25) is 9.69 Å². The van der Waals surface area contributed by atoms with Crippen LogP contribution in [0.1, 0.15) is 55.1 Å². The summed E-state index contributed by atoms with van der Waals surface area (Å²) < 4.78 is 25.5.